The topological polar surface area (TPSA) is 35.2 Å². The van der Waals surface area contributed by atoms with E-state index in [9.17, 15) is 0 Å². The first-order valence-corrected chi connectivity index (χ1v) is 7.76. The van der Waals surface area contributed by atoms with E-state index in [4.69, 9.17) is 10.5 Å². The highest BCUT2D eigenvalue weighted by Gasteiger charge is 2.11. The molecule has 0 aliphatic heterocycles. The molecule has 0 spiro atoms. The van der Waals surface area contributed by atoms with Gasteiger partial charge in [-0.3, -0.25) is 0 Å². The van der Waals surface area contributed by atoms with Gasteiger partial charge in [-0.25, -0.2) is 0 Å². The van der Waals surface area contributed by atoms with Gasteiger partial charge in [0.1, 0.15) is 12.4 Å². The van der Waals surface area contributed by atoms with E-state index in [1.807, 2.05) is 24.3 Å². The predicted molar refractivity (Wildman–Crippen MR) is 93.0 cm³/mol. The van der Waals surface area contributed by atoms with Gasteiger partial charge in [-0.1, -0.05) is 48.5 Å². The van der Waals surface area contributed by atoms with Crippen LogP contribution < -0.4 is 10.5 Å². The molecule has 0 fully saturated rings. The summed E-state index contributed by atoms with van der Waals surface area (Å²) in [6.45, 7) is 8.50. The molecule has 116 valence electrons. The van der Waals surface area contributed by atoms with Gasteiger partial charge in [-0.15, -0.1) is 6.58 Å². The molecule has 0 saturated carbocycles. The third-order valence-electron chi connectivity index (χ3n) is 3.82. The Balaban J connectivity index is 2.11. The predicted octanol–water partition coefficient (Wildman–Crippen LogP) is 4.85. The summed E-state index contributed by atoms with van der Waals surface area (Å²) in [7, 11) is 0. The first kappa shape index (κ1) is 16.3. The average molecular weight is 295 g/mol. The van der Waals surface area contributed by atoms with Crippen LogP contribution in [0.3, 0.4) is 0 Å². The van der Waals surface area contributed by atoms with Crippen LogP contribution in [0.25, 0.3) is 0 Å². The highest BCUT2D eigenvalue weighted by Crippen LogP contribution is 2.29. The van der Waals surface area contributed by atoms with Crippen molar-refractivity contribution in [2.24, 2.45) is 5.73 Å². The Bertz CT molecular complexity index is 596. The van der Waals surface area contributed by atoms with Crippen molar-refractivity contribution in [3.8, 4) is 5.75 Å². The number of aryl methyl sites for hydroxylation is 2. The third kappa shape index (κ3) is 4.22. The molecule has 0 heterocycles. The van der Waals surface area contributed by atoms with Gasteiger partial charge in [0.2, 0.25) is 0 Å². The minimum Gasteiger partial charge on any atom is -0.488 e. The maximum absolute atomic E-state index is 6.25. The monoisotopic (exact) mass is 295 g/mol. The standard InChI is InChI=1S/C20H25NO/c1-4-5-11-19(21)18-12-15(2)20(16(3)13-18)22-14-17-9-7-6-8-10-17/h4,6-10,12-13,19H,1,5,11,14,21H2,2-3H3/t19-/m1/s1. The molecule has 2 nitrogen and oxygen atoms in total. The average Bonchev–Trinajstić information content (AvgIpc) is 2.52. The van der Waals surface area contributed by atoms with Gasteiger partial charge in [0.05, 0.1) is 0 Å². The summed E-state index contributed by atoms with van der Waals surface area (Å²) in [6.07, 6.45) is 3.77. The Morgan fingerprint density at radius 3 is 2.36 bits per heavy atom. The maximum Gasteiger partial charge on any atom is 0.125 e. The summed E-state index contributed by atoms with van der Waals surface area (Å²) in [5.74, 6) is 0.962. The first-order chi connectivity index (χ1) is 10.6. The molecular weight excluding hydrogens is 270 g/mol. The lowest BCUT2D eigenvalue weighted by Gasteiger charge is -2.17. The fourth-order valence-corrected chi connectivity index (χ4v) is 2.62. The fraction of sp³-hybridized carbons (Fsp3) is 0.300. The van der Waals surface area contributed by atoms with Crippen molar-refractivity contribution in [3.05, 3.63) is 77.4 Å². The molecule has 2 N–H and O–H groups in total. The van der Waals surface area contributed by atoms with Crippen molar-refractivity contribution in [1.29, 1.82) is 0 Å². The van der Waals surface area contributed by atoms with Crippen LogP contribution in [0.1, 0.15) is 41.1 Å². The second-order valence-electron chi connectivity index (χ2n) is 5.73. The van der Waals surface area contributed by atoms with Crippen molar-refractivity contribution < 1.29 is 4.74 Å². The minimum absolute atomic E-state index is 0.0542. The largest absolute Gasteiger partial charge is 0.488 e. The number of ether oxygens (including phenoxy) is 1. The van der Waals surface area contributed by atoms with Crippen LogP contribution in [0.15, 0.2) is 55.1 Å². The first-order valence-electron chi connectivity index (χ1n) is 7.76. The fourth-order valence-electron chi connectivity index (χ4n) is 2.62. The number of benzene rings is 2. The second-order valence-corrected chi connectivity index (χ2v) is 5.73. The number of rotatable bonds is 7. The summed E-state index contributed by atoms with van der Waals surface area (Å²) in [5, 5.41) is 0. The molecule has 2 aromatic carbocycles. The molecule has 1 atom stereocenters. The van der Waals surface area contributed by atoms with Crippen molar-refractivity contribution in [2.75, 3.05) is 0 Å². The van der Waals surface area contributed by atoms with Crippen molar-refractivity contribution in [2.45, 2.75) is 39.3 Å². The molecule has 0 aliphatic rings. The van der Waals surface area contributed by atoms with E-state index in [2.05, 4.69) is 44.7 Å². The molecule has 0 bridgehead atoms. The molecule has 2 heteroatoms. The quantitative estimate of drug-likeness (QED) is 0.741. The van der Waals surface area contributed by atoms with E-state index >= 15 is 0 Å². The molecule has 0 radical (unpaired) electrons. The normalized spacial score (nSPS) is 12.0. The van der Waals surface area contributed by atoms with E-state index in [1.165, 1.54) is 11.1 Å². The van der Waals surface area contributed by atoms with Crippen LogP contribution in [-0.2, 0) is 6.61 Å². The highest BCUT2D eigenvalue weighted by atomic mass is 16.5. The molecule has 2 rings (SSSR count). The Morgan fingerprint density at radius 1 is 1.14 bits per heavy atom. The van der Waals surface area contributed by atoms with E-state index in [1.54, 1.807) is 0 Å². The zero-order valence-electron chi connectivity index (χ0n) is 13.5. The SMILES string of the molecule is C=CCC[C@@H](N)c1cc(C)c(OCc2ccccc2)c(C)c1. The summed E-state index contributed by atoms with van der Waals surface area (Å²) >= 11 is 0. The summed E-state index contributed by atoms with van der Waals surface area (Å²) in [6, 6.07) is 14.6. The van der Waals surface area contributed by atoms with Gasteiger partial charge in [-0.05, 0) is 48.9 Å². The molecule has 2 aromatic rings. The lowest BCUT2D eigenvalue weighted by molar-refractivity contribution is 0.302. The van der Waals surface area contributed by atoms with Gasteiger partial charge in [0.25, 0.3) is 0 Å². The van der Waals surface area contributed by atoms with E-state index < -0.39 is 0 Å². The molecule has 0 aromatic heterocycles. The number of hydrogen-bond acceptors (Lipinski definition) is 2. The molecular formula is C20H25NO. The molecule has 0 saturated heterocycles. The summed E-state index contributed by atoms with van der Waals surface area (Å²) < 4.78 is 6.01. The third-order valence-corrected chi connectivity index (χ3v) is 3.82. The van der Waals surface area contributed by atoms with Gasteiger partial charge < -0.3 is 10.5 Å². The van der Waals surface area contributed by atoms with Crippen LogP contribution in [0.4, 0.5) is 0 Å². The smallest absolute Gasteiger partial charge is 0.125 e. The number of nitrogens with two attached hydrogens (primary N) is 1. The van der Waals surface area contributed by atoms with Crippen molar-refractivity contribution >= 4 is 0 Å². The van der Waals surface area contributed by atoms with Crippen molar-refractivity contribution in [1.82, 2.24) is 0 Å². The van der Waals surface area contributed by atoms with Gasteiger partial charge in [0, 0.05) is 6.04 Å². The molecule has 0 amide bonds. The van der Waals surface area contributed by atoms with Crippen molar-refractivity contribution in [3.63, 3.8) is 0 Å². The van der Waals surface area contributed by atoms with E-state index in [0.717, 1.165) is 29.7 Å². The maximum atomic E-state index is 6.25. The van der Waals surface area contributed by atoms with Gasteiger partial charge in [0.15, 0.2) is 0 Å². The Labute approximate surface area is 133 Å². The Hall–Kier alpha value is -2.06. The number of hydrogen-bond donors (Lipinski definition) is 1. The minimum atomic E-state index is 0.0542. The highest BCUT2D eigenvalue weighted by molar-refractivity contribution is 5.44. The zero-order valence-corrected chi connectivity index (χ0v) is 13.5. The lowest BCUT2D eigenvalue weighted by Crippen LogP contribution is -2.11. The second kappa shape index (κ2) is 7.81. The molecule has 0 aliphatic carbocycles. The summed E-state index contributed by atoms with van der Waals surface area (Å²) in [5.41, 5.74) is 10.9. The molecule has 22 heavy (non-hydrogen) atoms. The van der Waals surface area contributed by atoms with Gasteiger partial charge >= 0.3 is 0 Å². The van der Waals surface area contributed by atoms with Gasteiger partial charge in [-0.2, -0.15) is 0 Å². The van der Waals surface area contributed by atoms with E-state index in [-0.39, 0.29) is 6.04 Å². The summed E-state index contributed by atoms with van der Waals surface area (Å²) in [4.78, 5) is 0. The zero-order chi connectivity index (χ0) is 15.9. The lowest BCUT2D eigenvalue weighted by atomic mass is 9.98. The van der Waals surface area contributed by atoms with Crippen LogP contribution in [-0.4, -0.2) is 0 Å². The van der Waals surface area contributed by atoms with Crippen LogP contribution in [0, 0.1) is 13.8 Å². The van der Waals surface area contributed by atoms with E-state index in [0.29, 0.717) is 6.61 Å². The van der Waals surface area contributed by atoms with Crippen LogP contribution in [0.2, 0.25) is 0 Å². The Kier molecular flexibility index (Phi) is 5.79. The molecule has 0 unspecified atom stereocenters. The van der Waals surface area contributed by atoms with Crippen LogP contribution in [0.5, 0.6) is 5.75 Å². The number of allylic oxidation sites excluding steroid dienone is 1. The van der Waals surface area contributed by atoms with Crippen LogP contribution >= 0.6 is 0 Å². The Morgan fingerprint density at radius 2 is 1.77 bits per heavy atom.